The molecule has 12 heteroatoms. The zero-order valence-corrected chi connectivity index (χ0v) is 24.4. The number of aliphatic imine (C=N–C) groups is 1. The summed E-state index contributed by atoms with van der Waals surface area (Å²) < 4.78 is 22.3. The van der Waals surface area contributed by atoms with Crippen molar-refractivity contribution < 1.29 is 23.7 Å². The molecular formula is C30H37N7O5. The lowest BCUT2D eigenvalue weighted by molar-refractivity contribution is 0.0395. The summed E-state index contributed by atoms with van der Waals surface area (Å²) in [6.45, 7) is 8.47. The standard InChI is InChI=1S/C30H37N7O5/c1-21-6-5-7-22(2)28(21)42-30(38)37(25-9-8-24(39-3)18-26(25)40-4)27-10-11-33-29(35-27)34-23(19-31)20-32-12-13-36-14-16-41-17-15-36/h5-11,18-20H,12-17,31H2,1-4H3,(H,33,34,35). The number of hydrogen-bond acceptors (Lipinski definition) is 11. The number of amides is 1. The molecule has 3 aromatic rings. The molecule has 3 N–H and O–H groups in total. The summed E-state index contributed by atoms with van der Waals surface area (Å²) >= 11 is 0. The molecule has 0 radical (unpaired) electrons. The van der Waals surface area contributed by atoms with Crippen LogP contribution in [0.4, 0.5) is 22.2 Å². The van der Waals surface area contributed by atoms with Crippen molar-refractivity contribution in [2.24, 2.45) is 10.7 Å². The first-order chi connectivity index (χ1) is 20.4. The molecule has 0 spiro atoms. The third-order valence-corrected chi connectivity index (χ3v) is 6.59. The number of rotatable bonds is 11. The molecule has 1 saturated heterocycles. The van der Waals surface area contributed by atoms with Crippen LogP contribution >= 0.6 is 0 Å². The molecule has 0 bridgehead atoms. The molecule has 222 valence electrons. The Hall–Kier alpha value is -4.68. The topological polar surface area (TPSA) is 137 Å². The number of hydrogen-bond donors (Lipinski definition) is 2. The summed E-state index contributed by atoms with van der Waals surface area (Å²) in [5, 5.41) is 3.07. The normalized spacial score (nSPS) is 14.0. The van der Waals surface area contributed by atoms with Crippen molar-refractivity contribution in [1.29, 1.82) is 0 Å². The van der Waals surface area contributed by atoms with Crippen LogP contribution in [-0.4, -0.2) is 80.8 Å². The highest BCUT2D eigenvalue weighted by atomic mass is 16.6. The largest absolute Gasteiger partial charge is 0.497 e. The summed E-state index contributed by atoms with van der Waals surface area (Å²) in [5.41, 5.74) is 8.39. The van der Waals surface area contributed by atoms with Crippen LogP contribution in [0.1, 0.15) is 11.1 Å². The van der Waals surface area contributed by atoms with Gasteiger partial charge >= 0.3 is 6.09 Å². The summed E-state index contributed by atoms with van der Waals surface area (Å²) in [6.07, 6.45) is 3.87. The second-order valence-corrected chi connectivity index (χ2v) is 9.44. The number of morpholine rings is 1. The molecule has 1 aliphatic rings. The van der Waals surface area contributed by atoms with E-state index in [-0.39, 0.29) is 11.8 Å². The van der Waals surface area contributed by atoms with E-state index in [1.807, 2.05) is 32.0 Å². The zero-order valence-electron chi connectivity index (χ0n) is 24.4. The van der Waals surface area contributed by atoms with Gasteiger partial charge < -0.3 is 30.0 Å². The Bertz CT molecular complexity index is 1400. The highest BCUT2D eigenvalue weighted by molar-refractivity contribution is 5.98. The van der Waals surface area contributed by atoms with Crippen molar-refractivity contribution >= 4 is 29.8 Å². The molecule has 0 atom stereocenters. The number of aryl methyl sites for hydroxylation is 2. The number of benzene rings is 2. The molecule has 1 amide bonds. The Labute approximate surface area is 245 Å². The number of nitrogens with zero attached hydrogens (tertiary/aromatic N) is 5. The van der Waals surface area contributed by atoms with Crippen molar-refractivity contribution in [2.75, 3.05) is 63.8 Å². The van der Waals surface area contributed by atoms with Crippen molar-refractivity contribution in [2.45, 2.75) is 13.8 Å². The van der Waals surface area contributed by atoms with Crippen LogP contribution in [0.15, 0.2) is 65.6 Å². The molecule has 4 rings (SSSR count). The van der Waals surface area contributed by atoms with Gasteiger partial charge in [-0.05, 0) is 37.1 Å². The second-order valence-electron chi connectivity index (χ2n) is 9.44. The number of ether oxygens (including phenoxy) is 4. The fourth-order valence-electron chi connectivity index (χ4n) is 4.34. The smallest absolute Gasteiger partial charge is 0.425 e. The summed E-state index contributed by atoms with van der Waals surface area (Å²) in [6, 6.07) is 12.4. The van der Waals surface area contributed by atoms with E-state index in [4.69, 9.17) is 24.7 Å². The van der Waals surface area contributed by atoms with Crippen LogP contribution < -0.4 is 30.2 Å². The molecule has 0 aliphatic carbocycles. The van der Waals surface area contributed by atoms with Crippen LogP contribution in [0.5, 0.6) is 17.2 Å². The average molecular weight is 576 g/mol. The Morgan fingerprint density at radius 2 is 1.90 bits per heavy atom. The maximum absolute atomic E-state index is 13.8. The van der Waals surface area contributed by atoms with E-state index in [1.165, 1.54) is 24.4 Å². The van der Waals surface area contributed by atoms with Crippen molar-refractivity contribution in [3.63, 3.8) is 0 Å². The van der Waals surface area contributed by atoms with E-state index in [0.29, 0.717) is 35.2 Å². The van der Waals surface area contributed by atoms with E-state index < -0.39 is 6.09 Å². The molecule has 2 heterocycles. The first-order valence-corrected chi connectivity index (χ1v) is 13.6. The lowest BCUT2D eigenvalue weighted by Crippen LogP contribution is -2.37. The van der Waals surface area contributed by atoms with Gasteiger partial charge in [-0.15, -0.1) is 0 Å². The highest BCUT2D eigenvalue weighted by Crippen LogP contribution is 2.37. The Balaban J connectivity index is 1.60. The molecule has 1 fully saturated rings. The summed E-state index contributed by atoms with van der Waals surface area (Å²) in [5.74, 6) is 1.87. The number of nitrogens with one attached hydrogen (secondary N) is 1. The SMILES string of the molecule is COc1ccc(N(C(=O)Oc2c(C)cccc2C)c2ccnc(NC(C=NCCN3CCOCC3)=CN)n2)c(OC)c1. The molecule has 1 aliphatic heterocycles. The predicted octanol–water partition coefficient (Wildman–Crippen LogP) is 4.06. The van der Waals surface area contributed by atoms with Gasteiger partial charge in [0, 0.05) is 50.4 Å². The van der Waals surface area contributed by atoms with Gasteiger partial charge in [-0.25, -0.2) is 14.7 Å². The molecule has 42 heavy (non-hydrogen) atoms. The first kappa shape index (κ1) is 30.3. The maximum atomic E-state index is 13.8. The molecule has 0 unspecified atom stereocenters. The third-order valence-electron chi connectivity index (χ3n) is 6.59. The van der Waals surface area contributed by atoms with Crippen LogP contribution in [0.2, 0.25) is 0 Å². The number of carbonyl (C=O) groups excluding carboxylic acids is 1. The zero-order chi connectivity index (χ0) is 29.9. The van der Waals surface area contributed by atoms with Crippen molar-refractivity contribution in [1.82, 2.24) is 14.9 Å². The number of para-hydroxylation sites is 1. The van der Waals surface area contributed by atoms with E-state index in [0.717, 1.165) is 44.0 Å². The Kier molecular flexibility index (Phi) is 10.7. The van der Waals surface area contributed by atoms with Crippen molar-refractivity contribution in [3.05, 3.63) is 71.7 Å². The minimum absolute atomic E-state index is 0.209. The molecular weight excluding hydrogens is 538 g/mol. The van der Waals surface area contributed by atoms with Gasteiger partial charge in [0.25, 0.3) is 0 Å². The van der Waals surface area contributed by atoms with E-state index in [2.05, 4.69) is 25.2 Å². The lowest BCUT2D eigenvalue weighted by atomic mass is 10.1. The minimum Gasteiger partial charge on any atom is -0.497 e. The Morgan fingerprint density at radius 3 is 2.60 bits per heavy atom. The van der Waals surface area contributed by atoms with Gasteiger partial charge in [-0.3, -0.25) is 9.89 Å². The van der Waals surface area contributed by atoms with Gasteiger partial charge in [-0.1, -0.05) is 18.2 Å². The number of aromatic nitrogens is 2. The number of anilines is 3. The summed E-state index contributed by atoms with van der Waals surface area (Å²) in [7, 11) is 3.06. The van der Waals surface area contributed by atoms with Crippen LogP contribution in [0.25, 0.3) is 0 Å². The number of allylic oxidation sites excluding steroid dienone is 1. The number of carbonyl (C=O) groups is 1. The van der Waals surface area contributed by atoms with Crippen LogP contribution in [0, 0.1) is 13.8 Å². The van der Waals surface area contributed by atoms with E-state index in [1.54, 1.807) is 37.6 Å². The van der Waals surface area contributed by atoms with Gasteiger partial charge in [0.15, 0.2) is 0 Å². The molecule has 1 aromatic heterocycles. The second kappa shape index (κ2) is 14.8. The van der Waals surface area contributed by atoms with Gasteiger partial charge in [-0.2, -0.15) is 4.98 Å². The highest BCUT2D eigenvalue weighted by Gasteiger charge is 2.27. The lowest BCUT2D eigenvalue weighted by Gasteiger charge is -2.25. The van der Waals surface area contributed by atoms with Crippen molar-refractivity contribution in [3.8, 4) is 17.2 Å². The minimum atomic E-state index is -0.681. The fourth-order valence-corrected chi connectivity index (χ4v) is 4.34. The maximum Gasteiger partial charge on any atom is 0.425 e. The van der Waals surface area contributed by atoms with E-state index >= 15 is 0 Å². The first-order valence-electron chi connectivity index (χ1n) is 13.6. The predicted molar refractivity (Wildman–Crippen MR) is 162 cm³/mol. The number of nitrogens with two attached hydrogens (primary N) is 1. The van der Waals surface area contributed by atoms with Gasteiger partial charge in [0.05, 0.1) is 45.4 Å². The quantitative estimate of drug-likeness (QED) is 0.322. The molecule has 2 aromatic carbocycles. The fraction of sp³-hybridized carbons (Fsp3) is 0.333. The van der Waals surface area contributed by atoms with E-state index in [9.17, 15) is 4.79 Å². The van der Waals surface area contributed by atoms with Gasteiger partial charge in [0.2, 0.25) is 5.95 Å². The Morgan fingerprint density at radius 1 is 1.14 bits per heavy atom. The molecule has 12 nitrogen and oxygen atoms in total. The van der Waals surface area contributed by atoms with Crippen LogP contribution in [0.3, 0.4) is 0 Å². The van der Waals surface area contributed by atoms with Gasteiger partial charge in [0.1, 0.15) is 23.1 Å². The summed E-state index contributed by atoms with van der Waals surface area (Å²) in [4.78, 5) is 30.8. The van der Waals surface area contributed by atoms with Crippen LogP contribution in [-0.2, 0) is 4.74 Å². The monoisotopic (exact) mass is 575 g/mol. The molecule has 0 saturated carbocycles. The third kappa shape index (κ3) is 7.74. The number of methoxy groups -OCH3 is 2. The average Bonchev–Trinajstić information content (AvgIpc) is 3.01.